The second kappa shape index (κ2) is 5.91. The van der Waals surface area contributed by atoms with Crippen molar-refractivity contribution >= 4 is 18.0 Å². The van der Waals surface area contributed by atoms with Crippen LogP contribution < -0.4 is 5.32 Å². The first-order chi connectivity index (χ1) is 9.32. The van der Waals surface area contributed by atoms with E-state index >= 15 is 0 Å². The van der Waals surface area contributed by atoms with Crippen molar-refractivity contribution in [2.45, 2.75) is 24.7 Å². The highest BCUT2D eigenvalue weighted by atomic mass is 16.7. The molecule has 1 heterocycles. The van der Waals surface area contributed by atoms with Crippen molar-refractivity contribution in [3.8, 4) is 0 Å². The van der Waals surface area contributed by atoms with E-state index in [0.29, 0.717) is 0 Å². The van der Waals surface area contributed by atoms with E-state index < -0.39 is 41.7 Å². The zero-order valence-electron chi connectivity index (χ0n) is 11.4. The molecule has 0 unspecified atom stereocenters. The van der Waals surface area contributed by atoms with Crippen LogP contribution in [0.2, 0.25) is 0 Å². The van der Waals surface area contributed by atoms with Gasteiger partial charge in [-0.1, -0.05) is 6.08 Å². The molecule has 1 saturated heterocycles. The van der Waals surface area contributed by atoms with Crippen molar-refractivity contribution in [3.63, 3.8) is 0 Å². The Morgan fingerprint density at radius 3 is 2.45 bits per heavy atom. The van der Waals surface area contributed by atoms with Gasteiger partial charge < -0.3 is 24.6 Å². The number of rotatable bonds is 3. The molecule has 20 heavy (non-hydrogen) atoms. The van der Waals surface area contributed by atoms with Crippen LogP contribution in [0.3, 0.4) is 0 Å². The van der Waals surface area contributed by atoms with Crippen LogP contribution in [0.5, 0.6) is 0 Å². The van der Waals surface area contributed by atoms with Gasteiger partial charge in [-0.25, -0.2) is 9.59 Å². The first-order valence-corrected chi connectivity index (χ1v) is 5.81. The Morgan fingerprint density at radius 2 is 2.00 bits per heavy atom. The summed E-state index contributed by atoms with van der Waals surface area (Å²) in [5, 5.41) is 12.7. The quantitative estimate of drug-likeness (QED) is 0.403. The Kier molecular flexibility index (Phi) is 4.72. The molecule has 0 aromatic heterocycles. The van der Waals surface area contributed by atoms with Crippen LogP contribution >= 0.6 is 0 Å². The van der Waals surface area contributed by atoms with Crippen LogP contribution in [0.25, 0.3) is 0 Å². The van der Waals surface area contributed by atoms with Gasteiger partial charge in [-0.2, -0.15) is 0 Å². The SMILES string of the molecule is C=C[C@H]1[C@@H](OC(=O)OC)[C@H](C)NC(=O)[C@@]1(O)C(=O)OC. The Labute approximate surface area is 115 Å². The van der Waals surface area contributed by atoms with Gasteiger partial charge in [0.05, 0.1) is 26.2 Å². The predicted molar refractivity (Wildman–Crippen MR) is 65.5 cm³/mol. The van der Waals surface area contributed by atoms with Crippen molar-refractivity contribution in [2.75, 3.05) is 14.2 Å². The third-order valence-corrected chi connectivity index (χ3v) is 3.18. The topological polar surface area (TPSA) is 111 Å². The van der Waals surface area contributed by atoms with Crippen molar-refractivity contribution in [3.05, 3.63) is 12.7 Å². The highest BCUT2D eigenvalue weighted by Gasteiger charge is 2.59. The second-order valence-electron chi connectivity index (χ2n) is 4.32. The number of aliphatic hydroxyl groups is 1. The molecule has 0 radical (unpaired) electrons. The minimum atomic E-state index is -2.51. The van der Waals surface area contributed by atoms with Crippen LogP contribution in [0.4, 0.5) is 4.79 Å². The maximum Gasteiger partial charge on any atom is 0.508 e. The van der Waals surface area contributed by atoms with E-state index in [-0.39, 0.29) is 0 Å². The molecule has 0 bridgehead atoms. The first kappa shape index (κ1) is 16.0. The van der Waals surface area contributed by atoms with Gasteiger partial charge in [0.1, 0.15) is 6.10 Å². The lowest BCUT2D eigenvalue weighted by Gasteiger charge is -2.42. The average Bonchev–Trinajstić information content (AvgIpc) is 2.43. The lowest BCUT2D eigenvalue weighted by atomic mass is 9.76. The van der Waals surface area contributed by atoms with Gasteiger partial charge in [0, 0.05) is 0 Å². The molecular weight excluding hydrogens is 270 g/mol. The summed E-state index contributed by atoms with van der Waals surface area (Å²) in [6, 6.07) is -0.644. The molecule has 8 nitrogen and oxygen atoms in total. The third-order valence-electron chi connectivity index (χ3n) is 3.18. The Morgan fingerprint density at radius 1 is 1.40 bits per heavy atom. The number of carbonyl (C=O) groups excluding carboxylic acids is 3. The van der Waals surface area contributed by atoms with Crippen LogP contribution in [0.1, 0.15) is 6.92 Å². The van der Waals surface area contributed by atoms with Crippen LogP contribution in [0.15, 0.2) is 12.7 Å². The number of ether oxygens (including phenoxy) is 3. The van der Waals surface area contributed by atoms with E-state index in [9.17, 15) is 19.5 Å². The highest BCUT2D eigenvalue weighted by Crippen LogP contribution is 2.32. The maximum absolute atomic E-state index is 11.9. The number of amides is 1. The van der Waals surface area contributed by atoms with Gasteiger partial charge in [0.2, 0.25) is 0 Å². The molecular formula is C12H17NO7. The number of nitrogens with one attached hydrogen (secondary N) is 1. The highest BCUT2D eigenvalue weighted by molar-refractivity contribution is 6.07. The molecule has 0 aromatic carbocycles. The molecule has 1 fully saturated rings. The smallest absolute Gasteiger partial charge is 0.466 e. The number of hydrogen-bond acceptors (Lipinski definition) is 7. The number of carbonyl (C=O) groups is 3. The predicted octanol–water partition coefficient (Wildman–Crippen LogP) is -0.637. The molecule has 1 aliphatic rings. The normalized spacial score (nSPS) is 32.8. The van der Waals surface area contributed by atoms with Crippen LogP contribution in [-0.4, -0.2) is 55.1 Å². The van der Waals surface area contributed by atoms with E-state index in [1.807, 2.05) is 0 Å². The summed E-state index contributed by atoms with van der Waals surface area (Å²) < 4.78 is 13.8. The molecule has 112 valence electrons. The fourth-order valence-electron chi connectivity index (χ4n) is 2.12. The van der Waals surface area contributed by atoms with Crippen molar-refractivity contribution in [1.82, 2.24) is 5.32 Å². The summed E-state index contributed by atoms with van der Waals surface area (Å²) in [5.41, 5.74) is -2.51. The van der Waals surface area contributed by atoms with Gasteiger partial charge in [-0.15, -0.1) is 6.58 Å². The zero-order chi connectivity index (χ0) is 15.5. The second-order valence-corrected chi connectivity index (χ2v) is 4.32. The summed E-state index contributed by atoms with van der Waals surface area (Å²) in [7, 11) is 2.14. The molecule has 1 aliphatic heterocycles. The Hall–Kier alpha value is -2.09. The summed E-state index contributed by atoms with van der Waals surface area (Å²) in [4.78, 5) is 34.9. The average molecular weight is 287 g/mol. The minimum Gasteiger partial charge on any atom is -0.466 e. The Balaban J connectivity index is 3.19. The minimum absolute atomic E-state index is 0.644. The monoisotopic (exact) mass is 287 g/mol. The standard InChI is InChI=1S/C12H17NO7/c1-5-7-8(20-11(16)19-4)6(2)13-9(14)12(7,17)10(15)18-3/h5-8,17H,1H2,2-4H3,(H,13,14)/t6-,7-,8-,12+/m0/s1. The van der Waals surface area contributed by atoms with Crippen LogP contribution in [-0.2, 0) is 23.8 Å². The van der Waals surface area contributed by atoms with Gasteiger partial charge in [-0.3, -0.25) is 4.79 Å². The largest absolute Gasteiger partial charge is 0.508 e. The molecule has 0 aliphatic carbocycles. The molecule has 1 amide bonds. The van der Waals surface area contributed by atoms with Crippen molar-refractivity contribution < 1.29 is 33.7 Å². The van der Waals surface area contributed by atoms with Gasteiger partial charge >= 0.3 is 12.1 Å². The molecule has 4 atom stereocenters. The zero-order valence-corrected chi connectivity index (χ0v) is 11.4. The molecule has 8 heteroatoms. The lowest BCUT2D eigenvalue weighted by molar-refractivity contribution is -0.185. The number of piperidine rings is 1. The van der Waals surface area contributed by atoms with Gasteiger partial charge in [-0.05, 0) is 6.92 Å². The van der Waals surface area contributed by atoms with Gasteiger partial charge in [0.25, 0.3) is 11.5 Å². The third kappa shape index (κ3) is 2.46. The molecule has 2 N–H and O–H groups in total. The fraction of sp³-hybridized carbons (Fsp3) is 0.583. The molecule has 0 aromatic rings. The number of esters is 1. The summed E-state index contributed by atoms with van der Waals surface area (Å²) in [6.45, 7) is 5.02. The van der Waals surface area contributed by atoms with Crippen molar-refractivity contribution in [2.24, 2.45) is 5.92 Å². The summed E-state index contributed by atoms with van der Waals surface area (Å²) in [5.74, 6) is -3.27. The summed E-state index contributed by atoms with van der Waals surface area (Å²) >= 11 is 0. The van der Waals surface area contributed by atoms with E-state index in [0.717, 1.165) is 14.2 Å². The van der Waals surface area contributed by atoms with E-state index in [2.05, 4.69) is 21.4 Å². The van der Waals surface area contributed by atoms with Gasteiger partial charge in [0.15, 0.2) is 0 Å². The molecule has 0 spiro atoms. The van der Waals surface area contributed by atoms with E-state index in [1.165, 1.54) is 6.08 Å². The van der Waals surface area contributed by atoms with E-state index in [4.69, 9.17) is 4.74 Å². The number of hydrogen-bond donors (Lipinski definition) is 2. The first-order valence-electron chi connectivity index (χ1n) is 5.81. The fourth-order valence-corrected chi connectivity index (χ4v) is 2.12. The van der Waals surface area contributed by atoms with Crippen LogP contribution in [0, 0.1) is 5.92 Å². The Bertz CT molecular complexity index is 436. The van der Waals surface area contributed by atoms with E-state index in [1.54, 1.807) is 6.92 Å². The van der Waals surface area contributed by atoms with Crippen molar-refractivity contribution in [1.29, 1.82) is 0 Å². The molecule has 1 rings (SSSR count). The number of methoxy groups -OCH3 is 2. The summed E-state index contributed by atoms with van der Waals surface area (Å²) in [6.07, 6.45) is -0.862. The molecule has 0 saturated carbocycles. The maximum atomic E-state index is 11.9. The lowest BCUT2D eigenvalue weighted by Crippen LogP contribution is -2.69.